The van der Waals surface area contributed by atoms with Crippen molar-refractivity contribution in [2.75, 3.05) is 18.4 Å². The van der Waals surface area contributed by atoms with Gasteiger partial charge in [-0.15, -0.1) is 11.3 Å². The Morgan fingerprint density at radius 3 is 2.84 bits per heavy atom. The average Bonchev–Trinajstić information content (AvgIpc) is 2.95. The topological polar surface area (TPSA) is 82.5 Å². The van der Waals surface area contributed by atoms with Gasteiger partial charge in [-0.3, -0.25) is 10.1 Å². The van der Waals surface area contributed by atoms with Gasteiger partial charge in [0.25, 0.3) is 0 Å². The predicted molar refractivity (Wildman–Crippen MR) is 72.6 cm³/mol. The molecular weight excluding hydrogens is 266 g/mol. The molecule has 1 aliphatic heterocycles. The van der Waals surface area contributed by atoms with Gasteiger partial charge >= 0.3 is 12.0 Å². The molecule has 6 nitrogen and oxygen atoms in total. The molecule has 1 fully saturated rings. The molecule has 19 heavy (non-hydrogen) atoms. The number of aliphatic carboxylic acids is 1. The van der Waals surface area contributed by atoms with Gasteiger partial charge in [-0.2, -0.15) is 0 Å². The third kappa shape index (κ3) is 3.04. The number of amides is 2. The summed E-state index contributed by atoms with van der Waals surface area (Å²) in [5, 5.41) is 12.2. The Kier molecular flexibility index (Phi) is 4.04. The van der Waals surface area contributed by atoms with E-state index in [0.29, 0.717) is 18.1 Å². The number of nitrogens with one attached hydrogen (secondary N) is 1. The molecule has 1 aromatic heterocycles. The van der Waals surface area contributed by atoms with Crippen LogP contribution in [0.15, 0.2) is 0 Å². The van der Waals surface area contributed by atoms with Crippen molar-refractivity contribution in [1.29, 1.82) is 0 Å². The summed E-state index contributed by atoms with van der Waals surface area (Å²) in [5.41, 5.74) is 0.991. The first-order valence-electron chi connectivity index (χ1n) is 6.26. The van der Waals surface area contributed by atoms with Gasteiger partial charge in [0, 0.05) is 18.0 Å². The maximum Gasteiger partial charge on any atom is 0.323 e. The molecule has 104 valence electrons. The minimum atomic E-state index is -0.839. The van der Waals surface area contributed by atoms with Crippen LogP contribution in [0.3, 0.4) is 0 Å². The number of thiazole rings is 1. The van der Waals surface area contributed by atoms with E-state index in [0.717, 1.165) is 17.0 Å². The van der Waals surface area contributed by atoms with Gasteiger partial charge in [0.05, 0.1) is 11.6 Å². The van der Waals surface area contributed by atoms with Crippen LogP contribution in [0.1, 0.15) is 23.9 Å². The summed E-state index contributed by atoms with van der Waals surface area (Å²) in [6, 6.07) is -0.264. The number of carbonyl (C=O) groups is 2. The number of carbonyl (C=O) groups excluding carboxylic acids is 1. The summed E-state index contributed by atoms with van der Waals surface area (Å²) in [7, 11) is 0. The van der Waals surface area contributed by atoms with Crippen molar-refractivity contribution in [2.24, 2.45) is 5.92 Å². The first-order valence-corrected chi connectivity index (χ1v) is 7.08. The first kappa shape index (κ1) is 13.8. The third-order valence-electron chi connectivity index (χ3n) is 3.27. The maximum atomic E-state index is 12.0. The van der Waals surface area contributed by atoms with Gasteiger partial charge in [-0.25, -0.2) is 9.78 Å². The molecule has 2 N–H and O–H groups in total. The van der Waals surface area contributed by atoms with Crippen LogP contribution in [-0.2, 0) is 11.2 Å². The van der Waals surface area contributed by atoms with Crippen molar-refractivity contribution in [1.82, 2.24) is 9.88 Å². The van der Waals surface area contributed by atoms with Crippen LogP contribution in [0, 0.1) is 12.8 Å². The van der Waals surface area contributed by atoms with Crippen LogP contribution in [-0.4, -0.2) is 40.1 Å². The number of likely N-dealkylation sites (tertiary alicyclic amines) is 1. The van der Waals surface area contributed by atoms with E-state index in [1.807, 2.05) is 13.8 Å². The molecule has 1 aromatic rings. The normalized spacial score (nSPS) is 18.6. The Morgan fingerprint density at radius 1 is 1.58 bits per heavy atom. The number of carboxylic acid groups (broad SMARTS) is 1. The summed E-state index contributed by atoms with van der Waals surface area (Å²) in [6.07, 6.45) is 1.35. The average molecular weight is 283 g/mol. The molecule has 0 aliphatic carbocycles. The number of anilines is 1. The molecule has 0 bridgehead atoms. The van der Waals surface area contributed by atoms with Crippen molar-refractivity contribution in [3.8, 4) is 0 Å². The Labute approximate surface area is 115 Å². The number of hydrogen-bond donors (Lipinski definition) is 2. The van der Waals surface area contributed by atoms with E-state index in [-0.39, 0.29) is 12.6 Å². The Balaban J connectivity index is 1.96. The number of urea groups is 1. The van der Waals surface area contributed by atoms with E-state index < -0.39 is 11.9 Å². The molecule has 0 radical (unpaired) electrons. The molecule has 2 amide bonds. The molecule has 1 saturated heterocycles. The zero-order chi connectivity index (χ0) is 14.0. The lowest BCUT2D eigenvalue weighted by atomic mass is 10.1. The third-order valence-corrected chi connectivity index (χ3v) is 4.19. The molecule has 2 rings (SSSR count). The second-order valence-corrected chi connectivity index (χ2v) is 5.78. The second kappa shape index (κ2) is 5.56. The summed E-state index contributed by atoms with van der Waals surface area (Å²) in [5.74, 6) is -1.29. The van der Waals surface area contributed by atoms with E-state index in [4.69, 9.17) is 5.11 Å². The standard InChI is InChI=1S/C12H17N3O3S/c1-3-9-7(2)19-11(13-9)14-12(18)15-5-4-8(6-15)10(16)17/h8H,3-6H2,1-2H3,(H,16,17)(H,13,14,18). The molecule has 0 saturated carbocycles. The van der Waals surface area contributed by atoms with Crippen LogP contribution in [0.2, 0.25) is 0 Å². The van der Waals surface area contributed by atoms with Gasteiger partial charge < -0.3 is 10.0 Å². The maximum absolute atomic E-state index is 12.0. The lowest BCUT2D eigenvalue weighted by Gasteiger charge is -2.15. The van der Waals surface area contributed by atoms with Crippen LogP contribution in [0.4, 0.5) is 9.93 Å². The molecule has 1 unspecified atom stereocenters. The molecule has 1 aliphatic rings. The number of hydrogen-bond acceptors (Lipinski definition) is 4. The monoisotopic (exact) mass is 283 g/mol. The second-order valence-electron chi connectivity index (χ2n) is 4.58. The number of aromatic nitrogens is 1. The van der Waals surface area contributed by atoms with Crippen LogP contribution in [0.25, 0.3) is 0 Å². The lowest BCUT2D eigenvalue weighted by molar-refractivity contribution is -0.141. The Morgan fingerprint density at radius 2 is 2.32 bits per heavy atom. The van der Waals surface area contributed by atoms with Gasteiger partial charge in [-0.05, 0) is 19.8 Å². The molecular formula is C12H17N3O3S. The fourth-order valence-electron chi connectivity index (χ4n) is 2.13. The molecule has 7 heteroatoms. The number of carboxylic acids is 1. The molecule has 0 spiro atoms. The van der Waals surface area contributed by atoms with Gasteiger partial charge in [0.2, 0.25) is 0 Å². The van der Waals surface area contributed by atoms with Gasteiger partial charge in [-0.1, -0.05) is 6.92 Å². The zero-order valence-corrected chi connectivity index (χ0v) is 11.8. The van der Waals surface area contributed by atoms with Crippen LogP contribution in [0.5, 0.6) is 0 Å². The molecule has 2 heterocycles. The van der Waals surface area contributed by atoms with E-state index in [2.05, 4.69) is 10.3 Å². The fraction of sp³-hybridized carbons (Fsp3) is 0.583. The van der Waals surface area contributed by atoms with Crippen molar-refractivity contribution in [2.45, 2.75) is 26.7 Å². The summed E-state index contributed by atoms with van der Waals surface area (Å²) >= 11 is 1.45. The quantitative estimate of drug-likeness (QED) is 0.888. The van der Waals surface area contributed by atoms with Crippen LogP contribution >= 0.6 is 11.3 Å². The number of aryl methyl sites for hydroxylation is 2. The summed E-state index contributed by atoms with van der Waals surface area (Å²) in [6.45, 7) is 4.74. The first-order chi connectivity index (χ1) is 9.01. The van der Waals surface area contributed by atoms with Crippen molar-refractivity contribution in [3.05, 3.63) is 10.6 Å². The van der Waals surface area contributed by atoms with Crippen molar-refractivity contribution < 1.29 is 14.7 Å². The van der Waals surface area contributed by atoms with Gasteiger partial charge in [0.1, 0.15) is 0 Å². The number of rotatable bonds is 3. The highest BCUT2D eigenvalue weighted by molar-refractivity contribution is 7.15. The molecule has 1 atom stereocenters. The van der Waals surface area contributed by atoms with Gasteiger partial charge in [0.15, 0.2) is 5.13 Å². The van der Waals surface area contributed by atoms with E-state index >= 15 is 0 Å². The highest BCUT2D eigenvalue weighted by Gasteiger charge is 2.31. The van der Waals surface area contributed by atoms with E-state index in [9.17, 15) is 9.59 Å². The van der Waals surface area contributed by atoms with Crippen LogP contribution < -0.4 is 5.32 Å². The van der Waals surface area contributed by atoms with E-state index in [1.165, 1.54) is 16.2 Å². The minimum absolute atomic E-state index is 0.264. The number of nitrogens with zero attached hydrogens (tertiary/aromatic N) is 2. The molecule has 0 aromatic carbocycles. The van der Waals surface area contributed by atoms with E-state index in [1.54, 1.807) is 0 Å². The predicted octanol–water partition coefficient (Wildman–Crippen LogP) is 1.95. The van der Waals surface area contributed by atoms with Crippen molar-refractivity contribution in [3.63, 3.8) is 0 Å². The highest BCUT2D eigenvalue weighted by atomic mass is 32.1. The SMILES string of the molecule is CCc1nc(NC(=O)N2CCC(C(=O)O)C2)sc1C. The Hall–Kier alpha value is -1.63. The summed E-state index contributed by atoms with van der Waals surface area (Å²) < 4.78 is 0. The smallest absolute Gasteiger partial charge is 0.323 e. The van der Waals surface area contributed by atoms with Crippen molar-refractivity contribution >= 4 is 28.5 Å². The minimum Gasteiger partial charge on any atom is -0.481 e. The highest BCUT2D eigenvalue weighted by Crippen LogP contribution is 2.23. The summed E-state index contributed by atoms with van der Waals surface area (Å²) in [4.78, 5) is 29.8. The zero-order valence-electron chi connectivity index (χ0n) is 11.0. The Bertz CT molecular complexity index is 500. The lowest BCUT2D eigenvalue weighted by Crippen LogP contribution is -2.33. The fourth-order valence-corrected chi connectivity index (χ4v) is 3.02. The largest absolute Gasteiger partial charge is 0.481 e.